The van der Waals surface area contributed by atoms with Crippen molar-refractivity contribution >= 4 is 5.57 Å². The predicted molar refractivity (Wildman–Crippen MR) is 116 cm³/mol. The Kier molecular flexibility index (Phi) is 12.4. The Morgan fingerprint density at radius 1 is 0.885 bits per heavy atom. The van der Waals surface area contributed by atoms with Crippen molar-refractivity contribution in [2.24, 2.45) is 5.92 Å². The van der Waals surface area contributed by atoms with Crippen LogP contribution in [0.5, 0.6) is 0 Å². The molecule has 0 amide bonds. The first-order valence-corrected chi connectivity index (χ1v) is 9.94. The molecule has 0 saturated carbocycles. The van der Waals surface area contributed by atoms with Gasteiger partial charge in [0.2, 0.25) is 0 Å². The molecule has 2 aromatic rings. The summed E-state index contributed by atoms with van der Waals surface area (Å²) in [4.78, 5) is 0. The van der Waals surface area contributed by atoms with E-state index < -0.39 is 0 Å². The SMILES string of the molecule is CC.CC(C)C.CC/C(C)=C(\c1ccc(F)cc1)c1ccccc1CC. The maximum atomic E-state index is 13.2. The van der Waals surface area contributed by atoms with E-state index in [2.05, 4.69) is 65.8 Å². The van der Waals surface area contributed by atoms with Crippen LogP contribution in [0.4, 0.5) is 4.39 Å². The van der Waals surface area contributed by atoms with Gasteiger partial charge in [-0.2, -0.15) is 0 Å². The predicted octanol–water partition coefficient (Wildman–Crippen LogP) is 8.31. The lowest BCUT2D eigenvalue weighted by Gasteiger charge is -2.16. The van der Waals surface area contributed by atoms with Crippen LogP contribution in [0.1, 0.15) is 78.5 Å². The summed E-state index contributed by atoms with van der Waals surface area (Å²) in [5, 5.41) is 0. The first kappa shape index (κ1) is 24.1. The van der Waals surface area contributed by atoms with E-state index >= 15 is 0 Å². The van der Waals surface area contributed by atoms with E-state index in [1.807, 2.05) is 26.0 Å². The third-order valence-corrected chi connectivity index (χ3v) is 3.76. The van der Waals surface area contributed by atoms with Gasteiger partial charge in [-0.25, -0.2) is 4.39 Å². The molecule has 0 heterocycles. The molecule has 0 N–H and O–H groups in total. The minimum Gasteiger partial charge on any atom is -0.207 e. The summed E-state index contributed by atoms with van der Waals surface area (Å²) in [6.07, 6.45) is 1.99. The summed E-state index contributed by atoms with van der Waals surface area (Å²) in [5.74, 6) is 0.644. The van der Waals surface area contributed by atoms with E-state index in [1.165, 1.54) is 34.4 Å². The highest BCUT2D eigenvalue weighted by Gasteiger charge is 2.11. The lowest BCUT2D eigenvalue weighted by molar-refractivity contribution is 0.627. The van der Waals surface area contributed by atoms with E-state index in [1.54, 1.807) is 0 Å². The van der Waals surface area contributed by atoms with Crippen LogP contribution in [0.3, 0.4) is 0 Å². The third kappa shape index (κ3) is 7.99. The van der Waals surface area contributed by atoms with E-state index in [0.717, 1.165) is 24.3 Å². The summed E-state index contributed by atoms with van der Waals surface area (Å²) < 4.78 is 13.2. The van der Waals surface area contributed by atoms with Gasteiger partial charge in [-0.15, -0.1) is 0 Å². The second-order valence-corrected chi connectivity index (χ2v) is 6.76. The molecule has 26 heavy (non-hydrogen) atoms. The van der Waals surface area contributed by atoms with Gasteiger partial charge in [-0.1, -0.05) is 90.4 Å². The van der Waals surface area contributed by atoms with Crippen molar-refractivity contribution in [2.45, 2.75) is 68.2 Å². The average Bonchev–Trinajstić information content (AvgIpc) is 2.65. The summed E-state index contributed by atoms with van der Waals surface area (Å²) >= 11 is 0. The van der Waals surface area contributed by atoms with Crippen LogP contribution in [0, 0.1) is 11.7 Å². The Labute approximate surface area is 161 Å². The molecule has 0 aliphatic rings. The van der Waals surface area contributed by atoms with Crippen molar-refractivity contribution in [3.63, 3.8) is 0 Å². The van der Waals surface area contributed by atoms with Crippen LogP contribution in [-0.2, 0) is 6.42 Å². The fraction of sp³-hybridized carbons (Fsp3) is 0.440. The van der Waals surface area contributed by atoms with E-state index in [9.17, 15) is 4.39 Å². The second-order valence-electron chi connectivity index (χ2n) is 6.76. The molecule has 0 saturated heterocycles. The Morgan fingerprint density at radius 2 is 1.38 bits per heavy atom. The molecule has 0 unspecified atom stereocenters. The number of hydrogen-bond acceptors (Lipinski definition) is 0. The van der Waals surface area contributed by atoms with Gasteiger partial charge in [0.05, 0.1) is 0 Å². The van der Waals surface area contributed by atoms with Gasteiger partial charge >= 0.3 is 0 Å². The molecular weight excluding hydrogens is 319 g/mol. The van der Waals surface area contributed by atoms with Gasteiger partial charge < -0.3 is 0 Å². The third-order valence-electron chi connectivity index (χ3n) is 3.76. The fourth-order valence-corrected chi connectivity index (χ4v) is 2.50. The van der Waals surface area contributed by atoms with Crippen LogP contribution < -0.4 is 0 Å². The molecule has 0 radical (unpaired) electrons. The van der Waals surface area contributed by atoms with Crippen molar-refractivity contribution in [1.82, 2.24) is 0 Å². The minimum atomic E-state index is -0.189. The quantitative estimate of drug-likeness (QED) is 0.516. The second kappa shape index (κ2) is 13.3. The highest BCUT2D eigenvalue weighted by molar-refractivity contribution is 5.83. The van der Waals surface area contributed by atoms with Crippen molar-refractivity contribution in [3.8, 4) is 0 Å². The number of benzene rings is 2. The molecule has 0 atom stereocenters. The van der Waals surface area contributed by atoms with Gasteiger partial charge in [-0.3, -0.25) is 0 Å². The van der Waals surface area contributed by atoms with Crippen LogP contribution >= 0.6 is 0 Å². The highest BCUT2D eigenvalue weighted by atomic mass is 19.1. The zero-order valence-electron chi connectivity index (χ0n) is 18.0. The minimum absolute atomic E-state index is 0.189. The smallest absolute Gasteiger partial charge is 0.123 e. The first-order chi connectivity index (χ1) is 12.4. The topological polar surface area (TPSA) is 0 Å². The Morgan fingerprint density at radius 3 is 1.85 bits per heavy atom. The molecule has 0 spiro atoms. The summed E-state index contributed by atoms with van der Waals surface area (Å²) in [6.45, 7) is 17.0. The first-order valence-electron chi connectivity index (χ1n) is 9.94. The van der Waals surface area contributed by atoms with Crippen LogP contribution in [0.2, 0.25) is 0 Å². The monoisotopic (exact) mass is 356 g/mol. The van der Waals surface area contributed by atoms with E-state index in [-0.39, 0.29) is 5.82 Å². The molecule has 0 aliphatic carbocycles. The maximum absolute atomic E-state index is 13.2. The summed E-state index contributed by atoms with van der Waals surface area (Å²) in [5.41, 5.74) is 6.26. The number of allylic oxidation sites excluding steroid dienone is 1. The van der Waals surface area contributed by atoms with Crippen molar-refractivity contribution in [2.75, 3.05) is 0 Å². The largest absolute Gasteiger partial charge is 0.207 e. The zero-order valence-corrected chi connectivity index (χ0v) is 18.0. The summed E-state index contributed by atoms with van der Waals surface area (Å²) in [6, 6.07) is 15.3. The molecule has 0 fully saturated rings. The molecule has 0 nitrogen and oxygen atoms in total. The molecule has 1 heteroatoms. The Hall–Kier alpha value is -1.89. The standard InChI is InChI=1S/C19H21F.C4H10.C2H6/c1-4-14(3)19(16-10-12-17(20)13-11-16)18-9-7-6-8-15(18)5-2;1-4(2)3;1-2/h6-13H,4-5H2,1-3H3;4H,1-3H3;1-2H3/b19-14+;;. The summed E-state index contributed by atoms with van der Waals surface area (Å²) in [7, 11) is 0. The van der Waals surface area contributed by atoms with Crippen LogP contribution in [0.25, 0.3) is 5.57 Å². The van der Waals surface area contributed by atoms with Gasteiger partial charge in [0, 0.05) is 0 Å². The van der Waals surface area contributed by atoms with Crippen molar-refractivity contribution in [1.29, 1.82) is 0 Å². The number of rotatable bonds is 4. The van der Waals surface area contributed by atoms with Gasteiger partial charge in [-0.05, 0) is 60.1 Å². The van der Waals surface area contributed by atoms with Crippen molar-refractivity contribution in [3.05, 3.63) is 76.6 Å². The Balaban J connectivity index is 0.000000920. The number of hydrogen-bond donors (Lipinski definition) is 0. The molecule has 0 aromatic heterocycles. The normalized spacial score (nSPS) is 11.0. The molecule has 0 bridgehead atoms. The molecule has 2 aromatic carbocycles. The lowest BCUT2D eigenvalue weighted by atomic mass is 9.89. The van der Waals surface area contributed by atoms with Crippen LogP contribution in [-0.4, -0.2) is 0 Å². The van der Waals surface area contributed by atoms with Gasteiger partial charge in [0.15, 0.2) is 0 Å². The van der Waals surface area contributed by atoms with E-state index in [0.29, 0.717) is 0 Å². The molecular formula is C25H37F. The average molecular weight is 357 g/mol. The van der Waals surface area contributed by atoms with Crippen LogP contribution in [0.15, 0.2) is 54.1 Å². The van der Waals surface area contributed by atoms with Gasteiger partial charge in [0.1, 0.15) is 5.82 Å². The number of aryl methyl sites for hydroxylation is 1. The maximum Gasteiger partial charge on any atom is 0.123 e. The van der Waals surface area contributed by atoms with Crippen molar-refractivity contribution < 1.29 is 4.39 Å². The number of halogens is 1. The van der Waals surface area contributed by atoms with E-state index in [4.69, 9.17) is 0 Å². The van der Waals surface area contributed by atoms with Gasteiger partial charge in [0.25, 0.3) is 0 Å². The zero-order chi connectivity index (χ0) is 20.1. The molecule has 0 aliphatic heterocycles. The molecule has 144 valence electrons. The fourth-order valence-electron chi connectivity index (χ4n) is 2.50. The Bertz CT molecular complexity index is 645. The highest BCUT2D eigenvalue weighted by Crippen LogP contribution is 2.31. The molecule has 2 rings (SSSR count). The lowest BCUT2D eigenvalue weighted by Crippen LogP contribution is -1.97.